The van der Waals surface area contributed by atoms with Gasteiger partial charge in [0.15, 0.2) is 0 Å². The Kier molecular flexibility index (Phi) is 5.23. The number of nitrogens with zero attached hydrogens (tertiary/aromatic N) is 2. The van der Waals surface area contributed by atoms with E-state index in [1.807, 2.05) is 0 Å². The van der Waals surface area contributed by atoms with E-state index in [4.69, 9.17) is 4.74 Å². The number of hydrogen-bond acceptors (Lipinski definition) is 4. The molecular formula is C18H17FN4O3. The molecule has 1 heterocycles. The van der Waals surface area contributed by atoms with E-state index in [2.05, 4.69) is 15.6 Å². The van der Waals surface area contributed by atoms with Crippen molar-refractivity contribution in [1.82, 2.24) is 9.55 Å². The number of nitrogens with one attached hydrogen (secondary N) is 2. The summed E-state index contributed by atoms with van der Waals surface area (Å²) in [6.07, 6.45) is 1.47. The number of aromatic nitrogens is 2. The van der Waals surface area contributed by atoms with Gasteiger partial charge < -0.3 is 15.4 Å². The van der Waals surface area contributed by atoms with Crippen LogP contribution in [0.1, 0.15) is 0 Å². The molecule has 0 radical (unpaired) electrons. The summed E-state index contributed by atoms with van der Waals surface area (Å²) in [4.78, 5) is 28.8. The molecule has 1 aromatic heterocycles. The van der Waals surface area contributed by atoms with Crippen LogP contribution in [0.5, 0.6) is 0 Å². The molecule has 0 saturated heterocycles. The van der Waals surface area contributed by atoms with Gasteiger partial charge in [0.05, 0.1) is 30.4 Å². The van der Waals surface area contributed by atoms with E-state index in [1.165, 1.54) is 35.2 Å². The second-order valence-corrected chi connectivity index (χ2v) is 5.55. The van der Waals surface area contributed by atoms with Crippen LogP contribution in [0.25, 0.3) is 10.9 Å². The van der Waals surface area contributed by atoms with Crippen LogP contribution in [0, 0.1) is 5.82 Å². The highest BCUT2D eigenvalue weighted by molar-refractivity contribution is 6.00. The molecular weight excluding hydrogens is 339 g/mol. The van der Waals surface area contributed by atoms with Crippen molar-refractivity contribution in [3.63, 3.8) is 0 Å². The van der Waals surface area contributed by atoms with Gasteiger partial charge >= 0.3 is 6.03 Å². The lowest BCUT2D eigenvalue weighted by Gasteiger charge is -2.09. The van der Waals surface area contributed by atoms with Crippen molar-refractivity contribution in [2.45, 2.75) is 6.54 Å². The van der Waals surface area contributed by atoms with Crippen LogP contribution >= 0.6 is 0 Å². The molecule has 0 unspecified atom stereocenters. The van der Waals surface area contributed by atoms with Crippen LogP contribution in [0.3, 0.4) is 0 Å². The number of amides is 2. The summed E-state index contributed by atoms with van der Waals surface area (Å²) in [6.45, 7) is 0.784. The highest BCUT2D eigenvalue weighted by Gasteiger charge is 2.08. The molecule has 2 amide bonds. The quantitative estimate of drug-likeness (QED) is 0.736. The SMILES string of the molecule is COCCn1cnc2ccc(NC(=O)Nc3ccc(F)cc3)cc2c1=O. The molecule has 0 aliphatic rings. The van der Waals surface area contributed by atoms with E-state index in [-0.39, 0.29) is 11.4 Å². The summed E-state index contributed by atoms with van der Waals surface area (Å²) in [7, 11) is 1.56. The van der Waals surface area contributed by atoms with Gasteiger partial charge in [-0.3, -0.25) is 9.36 Å². The lowest BCUT2D eigenvalue weighted by molar-refractivity contribution is 0.186. The summed E-state index contributed by atoms with van der Waals surface area (Å²) in [6, 6.07) is 9.78. The Bertz CT molecular complexity index is 986. The van der Waals surface area contributed by atoms with Crippen LogP contribution < -0.4 is 16.2 Å². The van der Waals surface area contributed by atoms with E-state index in [9.17, 15) is 14.0 Å². The first-order valence-electron chi connectivity index (χ1n) is 7.88. The molecule has 0 spiro atoms. The normalized spacial score (nSPS) is 10.7. The average molecular weight is 356 g/mol. The molecule has 2 N–H and O–H groups in total. The van der Waals surface area contributed by atoms with Gasteiger partial charge in [0, 0.05) is 18.5 Å². The minimum Gasteiger partial charge on any atom is -0.383 e. The largest absolute Gasteiger partial charge is 0.383 e. The van der Waals surface area contributed by atoms with Crippen LogP contribution in [0.4, 0.5) is 20.6 Å². The van der Waals surface area contributed by atoms with Crippen molar-refractivity contribution in [1.29, 1.82) is 0 Å². The standard InChI is InChI=1S/C18H17FN4O3/c1-26-9-8-23-11-20-16-7-6-14(10-15(16)17(23)24)22-18(25)21-13-4-2-12(19)3-5-13/h2-7,10-11H,8-9H2,1H3,(H2,21,22,25). The molecule has 134 valence electrons. The molecule has 0 bridgehead atoms. The first-order valence-corrected chi connectivity index (χ1v) is 7.88. The molecule has 0 aliphatic carbocycles. The van der Waals surface area contributed by atoms with Gasteiger partial charge in [-0.25, -0.2) is 14.2 Å². The molecule has 0 fully saturated rings. The maximum absolute atomic E-state index is 12.9. The second-order valence-electron chi connectivity index (χ2n) is 5.55. The number of carbonyl (C=O) groups is 1. The monoisotopic (exact) mass is 356 g/mol. The van der Waals surface area contributed by atoms with Gasteiger partial charge in [-0.15, -0.1) is 0 Å². The maximum atomic E-state index is 12.9. The van der Waals surface area contributed by atoms with Crippen LogP contribution in [0.2, 0.25) is 0 Å². The Hall–Kier alpha value is -3.26. The Balaban J connectivity index is 1.79. The fourth-order valence-electron chi connectivity index (χ4n) is 2.41. The predicted molar refractivity (Wildman–Crippen MR) is 96.9 cm³/mol. The molecule has 0 atom stereocenters. The Morgan fingerprint density at radius 1 is 1.15 bits per heavy atom. The average Bonchev–Trinajstić information content (AvgIpc) is 2.63. The molecule has 2 aromatic carbocycles. The van der Waals surface area contributed by atoms with Crippen molar-refractivity contribution in [3.05, 3.63) is 65.0 Å². The summed E-state index contributed by atoms with van der Waals surface area (Å²) >= 11 is 0. The first kappa shape index (κ1) is 17.6. The zero-order valence-electron chi connectivity index (χ0n) is 14.0. The van der Waals surface area contributed by atoms with Gasteiger partial charge in [0.1, 0.15) is 5.82 Å². The highest BCUT2D eigenvalue weighted by Crippen LogP contribution is 2.15. The van der Waals surface area contributed by atoms with E-state index >= 15 is 0 Å². The third-order valence-corrected chi connectivity index (χ3v) is 3.72. The lowest BCUT2D eigenvalue weighted by atomic mass is 10.2. The van der Waals surface area contributed by atoms with Crippen molar-refractivity contribution in [2.75, 3.05) is 24.4 Å². The fraction of sp³-hybridized carbons (Fsp3) is 0.167. The number of hydrogen-bond donors (Lipinski definition) is 2. The van der Waals surface area contributed by atoms with Crippen molar-refractivity contribution >= 4 is 28.3 Å². The summed E-state index contributed by atoms with van der Waals surface area (Å²) in [5.41, 5.74) is 1.22. The minimum absolute atomic E-state index is 0.213. The maximum Gasteiger partial charge on any atom is 0.323 e. The van der Waals surface area contributed by atoms with E-state index in [1.54, 1.807) is 25.3 Å². The third kappa shape index (κ3) is 4.04. The van der Waals surface area contributed by atoms with Crippen molar-refractivity contribution < 1.29 is 13.9 Å². The predicted octanol–water partition coefficient (Wildman–Crippen LogP) is 2.83. The van der Waals surface area contributed by atoms with Gasteiger partial charge in [0.25, 0.3) is 5.56 Å². The number of fused-ring (bicyclic) bond motifs is 1. The number of benzene rings is 2. The molecule has 0 aliphatic heterocycles. The third-order valence-electron chi connectivity index (χ3n) is 3.72. The van der Waals surface area contributed by atoms with Gasteiger partial charge in [-0.1, -0.05) is 0 Å². The summed E-state index contributed by atoms with van der Waals surface area (Å²) < 4.78 is 19.3. The number of carbonyl (C=O) groups excluding carboxylic acids is 1. The van der Waals surface area contributed by atoms with Crippen molar-refractivity contribution in [2.24, 2.45) is 0 Å². The molecule has 3 aromatic rings. The topological polar surface area (TPSA) is 85.2 Å². The van der Waals surface area contributed by atoms with E-state index < -0.39 is 6.03 Å². The van der Waals surface area contributed by atoms with Gasteiger partial charge in [-0.2, -0.15) is 0 Å². The zero-order valence-corrected chi connectivity index (χ0v) is 14.0. The van der Waals surface area contributed by atoms with E-state index in [0.717, 1.165) is 0 Å². The number of halogens is 1. The molecule has 26 heavy (non-hydrogen) atoms. The molecule has 3 rings (SSSR count). The van der Waals surface area contributed by atoms with Gasteiger partial charge in [0.2, 0.25) is 0 Å². The Morgan fingerprint density at radius 2 is 1.85 bits per heavy atom. The summed E-state index contributed by atoms with van der Waals surface area (Å²) in [5, 5.41) is 5.62. The fourth-order valence-corrected chi connectivity index (χ4v) is 2.41. The van der Waals surface area contributed by atoms with E-state index in [0.29, 0.717) is 35.4 Å². The summed E-state index contributed by atoms with van der Waals surface area (Å²) in [5.74, 6) is -0.386. The molecule has 8 heteroatoms. The molecule has 7 nitrogen and oxygen atoms in total. The lowest BCUT2D eigenvalue weighted by Crippen LogP contribution is -2.23. The van der Waals surface area contributed by atoms with Crippen LogP contribution in [-0.2, 0) is 11.3 Å². The van der Waals surface area contributed by atoms with Crippen LogP contribution in [0.15, 0.2) is 53.6 Å². The van der Waals surface area contributed by atoms with Gasteiger partial charge in [-0.05, 0) is 42.5 Å². The number of methoxy groups -OCH3 is 1. The minimum atomic E-state index is -0.500. The zero-order chi connectivity index (χ0) is 18.5. The van der Waals surface area contributed by atoms with Crippen LogP contribution in [-0.4, -0.2) is 29.3 Å². The second kappa shape index (κ2) is 7.75. The Morgan fingerprint density at radius 3 is 2.58 bits per heavy atom. The highest BCUT2D eigenvalue weighted by atomic mass is 19.1. The first-order chi connectivity index (χ1) is 12.6. The number of ether oxygens (including phenoxy) is 1. The molecule has 0 saturated carbocycles. The number of urea groups is 1. The number of anilines is 2. The smallest absolute Gasteiger partial charge is 0.323 e. The Labute approximate surface area is 148 Å². The van der Waals surface area contributed by atoms with Crippen molar-refractivity contribution in [3.8, 4) is 0 Å². The number of rotatable bonds is 5.